The second kappa shape index (κ2) is 8.87. The molecule has 0 saturated heterocycles. The Kier molecular flexibility index (Phi) is 6.71. The molecule has 3 rings (SSSR count). The van der Waals surface area contributed by atoms with E-state index in [2.05, 4.69) is 18.8 Å². The Hall–Kier alpha value is -1.53. The number of benzene rings is 2. The van der Waals surface area contributed by atoms with Crippen molar-refractivity contribution in [1.82, 2.24) is 9.55 Å². The fraction of sp³-hybridized carbons (Fsp3) is 0.286. The summed E-state index contributed by atoms with van der Waals surface area (Å²) in [7, 11) is 0. The van der Waals surface area contributed by atoms with E-state index in [4.69, 9.17) is 28.3 Å². The average molecular weight is 439 g/mol. The molecule has 1 aromatic heterocycles. The van der Waals surface area contributed by atoms with Gasteiger partial charge in [0.05, 0.1) is 21.9 Å². The molecular weight excluding hydrogens is 418 g/mol. The molecule has 0 bridgehead atoms. The summed E-state index contributed by atoms with van der Waals surface area (Å²) in [4.78, 5) is 4.61. The Morgan fingerprint density at radius 2 is 1.82 bits per heavy atom. The molecule has 7 heteroatoms. The van der Waals surface area contributed by atoms with Gasteiger partial charge in [0, 0.05) is 23.5 Å². The molecule has 0 radical (unpaired) electrons. The van der Waals surface area contributed by atoms with Crippen LogP contribution < -0.4 is 0 Å². The molecule has 0 amide bonds. The van der Waals surface area contributed by atoms with Crippen molar-refractivity contribution in [1.29, 1.82) is 0 Å². The highest BCUT2D eigenvalue weighted by Gasteiger charge is 2.30. The fourth-order valence-electron chi connectivity index (χ4n) is 2.98. The van der Waals surface area contributed by atoms with Crippen molar-refractivity contribution in [3.63, 3.8) is 0 Å². The highest BCUT2D eigenvalue weighted by molar-refractivity contribution is 7.99. The summed E-state index contributed by atoms with van der Waals surface area (Å²) < 4.78 is 15.5. The van der Waals surface area contributed by atoms with E-state index in [1.165, 1.54) is 12.1 Å². The number of rotatable bonds is 7. The first-order chi connectivity index (χ1) is 13.3. The molecule has 28 heavy (non-hydrogen) atoms. The van der Waals surface area contributed by atoms with E-state index in [-0.39, 0.29) is 12.4 Å². The summed E-state index contributed by atoms with van der Waals surface area (Å²) in [6.45, 7) is 4.31. The first-order valence-electron chi connectivity index (χ1n) is 8.88. The van der Waals surface area contributed by atoms with Gasteiger partial charge in [-0.15, -0.1) is 0 Å². The quantitative estimate of drug-likeness (QED) is 0.356. The zero-order chi connectivity index (χ0) is 20.3. The van der Waals surface area contributed by atoms with E-state index in [9.17, 15) is 4.39 Å². The molecular formula is C21H21Cl2FN2OS. The summed E-state index contributed by atoms with van der Waals surface area (Å²) in [5.41, 5.74) is 2.35. The lowest BCUT2D eigenvalue weighted by molar-refractivity contribution is 0.296. The SMILES string of the molecule is CC(C)(c1ccc(Cl)c(Cl)c1)c1cnc(SCCCO)n1-c1ccc(F)cc1. The molecule has 1 N–H and O–H groups in total. The number of hydrogen-bond acceptors (Lipinski definition) is 3. The first-order valence-corrected chi connectivity index (χ1v) is 10.6. The molecule has 0 saturated carbocycles. The Morgan fingerprint density at radius 3 is 2.46 bits per heavy atom. The molecule has 0 unspecified atom stereocenters. The highest BCUT2D eigenvalue weighted by Crippen LogP contribution is 2.38. The third kappa shape index (κ3) is 4.38. The van der Waals surface area contributed by atoms with Crippen LogP contribution in [0.2, 0.25) is 10.0 Å². The predicted molar refractivity (Wildman–Crippen MR) is 115 cm³/mol. The number of aromatic nitrogens is 2. The lowest BCUT2D eigenvalue weighted by atomic mass is 9.81. The second-order valence-electron chi connectivity index (χ2n) is 6.92. The van der Waals surface area contributed by atoms with Gasteiger partial charge in [0.1, 0.15) is 5.82 Å². The summed E-state index contributed by atoms with van der Waals surface area (Å²) in [5.74, 6) is 0.449. The van der Waals surface area contributed by atoms with Gasteiger partial charge in [0.15, 0.2) is 5.16 Å². The Labute approximate surface area is 178 Å². The molecule has 0 spiro atoms. The van der Waals surface area contributed by atoms with Gasteiger partial charge < -0.3 is 5.11 Å². The maximum Gasteiger partial charge on any atom is 0.172 e. The van der Waals surface area contributed by atoms with Crippen LogP contribution in [-0.4, -0.2) is 27.0 Å². The van der Waals surface area contributed by atoms with Gasteiger partial charge in [-0.2, -0.15) is 0 Å². The predicted octanol–water partition coefficient (Wildman–Crippen LogP) is 6.12. The Balaban J connectivity index is 2.11. The smallest absolute Gasteiger partial charge is 0.172 e. The van der Waals surface area contributed by atoms with Crippen LogP contribution in [0.4, 0.5) is 4.39 Å². The number of nitrogens with zero attached hydrogens (tertiary/aromatic N) is 2. The number of thioether (sulfide) groups is 1. The zero-order valence-electron chi connectivity index (χ0n) is 15.6. The maximum absolute atomic E-state index is 13.5. The largest absolute Gasteiger partial charge is 0.396 e. The van der Waals surface area contributed by atoms with Crippen molar-refractivity contribution < 1.29 is 9.50 Å². The van der Waals surface area contributed by atoms with Crippen molar-refractivity contribution in [2.45, 2.75) is 30.8 Å². The average Bonchev–Trinajstić information content (AvgIpc) is 3.09. The van der Waals surface area contributed by atoms with Crippen molar-refractivity contribution in [3.05, 3.63) is 75.8 Å². The minimum absolute atomic E-state index is 0.131. The van der Waals surface area contributed by atoms with Crippen LogP contribution in [-0.2, 0) is 5.41 Å². The van der Waals surface area contributed by atoms with E-state index in [1.807, 2.05) is 22.9 Å². The monoisotopic (exact) mass is 438 g/mol. The third-order valence-electron chi connectivity index (χ3n) is 4.63. The van der Waals surface area contributed by atoms with Crippen LogP contribution in [0, 0.1) is 5.82 Å². The molecule has 3 aromatic rings. The number of aliphatic hydroxyl groups is 1. The van der Waals surface area contributed by atoms with Crippen LogP contribution in [0.5, 0.6) is 0 Å². The molecule has 0 aliphatic heterocycles. The topological polar surface area (TPSA) is 38.1 Å². The van der Waals surface area contributed by atoms with Crippen molar-refractivity contribution in [2.24, 2.45) is 0 Å². The standard InChI is InChI=1S/C21H21Cl2FN2OS/c1-21(2,14-4-9-17(22)18(23)12-14)19-13-25-20(28-11-3-10-27)26(19)16-7-5-15(24)6-8-16/h4-9,12-13,27H,3,10-11H2,1-2H3. The van der Waals surface area contributed by atoms with Crippen molar-refractivity contribution in [3.8, 4) is 5.69 Å². The van der Waals surface area contributed by atoms with E-state index < -0.39 is 5.41 Å². The van der Waals surface area contributed by atoms with Gasteiger partial charge in [-0.25, -0.2) is 9.37 Å². The van der Waals surface area contributed by atoms with Gasteiger partial charge in [0.2, 0.25) is 0 Å². The first kappa shape index (κ1) is 21.2. The van der Waals surface area contributed by atoms with E-state index in [1.54, 1.807) is 30.0 Å². The molecule has 3 nitrogen and oxygen atoms in total. The van der Waals surface area contributed by atoms with Gasteiger partial charge >= 0.3 is 0 Å². The molecule has 0 atom stereocenters. The molecule has 1 heterocycles. The molecule has 0 fully saturated rings. The lowest BCUT2D eigenvalue weighted by Crippen LogP contribution is -2.23. The van der Waals surface area contributed by atoms with Crippen molar-refractivity contribution in [2.75, 3.05) is 12.4 Å². The van der Waals surface area contributed by atoms with Crippen molar-refractivity contribution >= 4 is 35.0 Å². The molecule has 0 aliphatic carbocycles. The molecule has 2 aromatic carbocycles. The third-order valence-corrected chi connectivity index (χ3v) is 6.41. The van der Waals surface area contributed by atoms with Crippen LogP contribution in [0.3, 0.4) is 0 Å². The van der Waals surface area contributed by atoms with Gasteiger partial charge in [0.25, 0.3) is 0 Å². The van der Waals surface area contributed by atoms with Gasteiger partial charge in [-0.1, -0.05) is 54.9 Å². The maximum atomic E-state index is 13.5. The molecule has 0 aliphatic rings. The Morgan fingerprint density at radius 1 is 1.11 bits per heavy atom. The van der Waals surface area contributed by atoms with Crippen LogP contribution in [0.25, 0.3) is 5.69 Å². The molecule has 148 valence electrons. The number of imidazole rings is 1. The van der Waals surface area contributed by atoms with E-state index >= 15 is 0 Å². The van der Waals surface area contributed by atoms with Crippen LogP contribution in [0.15, 0.2) is 53.8 Å². The lowest BCUT2D eigenvalue weighted by Gasteiger charge is -2.27. The second-order valence-corrected chi connectivity index (χ2v) is 8.79. The van der Waals surface area contributed by atoms with E-state index in [0.29, 0.717) is 16.5 Å². The fourth-order valence-corrected chi connectivity index (χ4v) is 4.19. The van der Waals surface area contributed by atoms with Gasteiger partial charge in [-0.05, 0) is 48.4 Å². The van der Waals surface area contributed by atoms with Gasteiger partial charge in [-0.3, -0.25) is 4.57 Å². The van der Waals surface area contributed by atoms with E-state index in [0.717, 1.165) is 27.9 Å². The summed E-state index contributed by atoms with van der Waals surface area (Å²) in [6, 6.07) is 12.0. The minimum Gasteiger partial charge on any atom is -0.396 e. The summed E-state index contributed by atoms with van der Waals surface area (Å²) in [5, 5.41) is 10.9. The normalized spacial score (nSPS) is 11.8. The Bertz CT molecular complexity index is 958. The minimum atomic E-state index is -0.425. The summed E-state index contributed by atoms with van der Waals surface area (Å²) in [6.07, 6.45) is 2.51. The number of aliphatic hydroxyl groups excluding tert-OH is 1. The number of halogens is 3. The summed E-state index contributed by atoms with van der Waals surface area (Å²) >= 11 is 13.9. The number of hydrogen-bond donors (Lipinski definition) is 1. The van der Waals surface area contributed by atoms with Crippen LogP contribution >= 0.6 is 35.0 Å². The highest BCUT2D eigenvalue weighted by atomic mass is 35.5. The zero-order valence-corrected chi connectivity index (χ0v) is 18.0. The van der Waals surface area contributed by atoms with Crippen LogP contribution in [0.1, 0.15) is 31.5 Å².